The van der Waals surface area contributed by atoms with Crippen LogP contribution in [0, 0.1) is 0 Å². The summed E-state index contributed by atoms with van der Waals surface area (Å²) in [5.41, 5.74) is 7.17. The number of halogens is 1. The summed E-state index contributed by atoms with van der Waals surface area (Å²) < 4.78 is 4.51. The summed E-state index contributed by atoms with van der Waals surface area (Å²) in [7, 11) is 1.36. The summed E-state index contributed by atoms with van der Waals surface area (Å²) in [5.74, 6) is 0.703. The topological polar surface area (TPSA) is 81.4 Å². The Kier molecular flexibility index (Phi) is 9.67. The zero-order chi connectivity index (χ0) is 14.1. The Balaban J connectivity index is 0.00000361. The van der Waals surface area contributed by atoms with Crippen molar-refractivity contribution in [1.29, 1.82) is 0 Å². The molecule has 0 saturated carbocycles. The number of thioether (sulfide) groups is 1. The zero-order valence-corrected chi connectivity index (χ0v) is 12.9. The van der Waals surface area contributed by atoms with Gasteiger partial charge in [-0.25, -0.2) is 0 Å². The van der Waals surface area contributed by atoms with Gasteiger partial charge in [-0.2, -0.15) is 0 Å². The molecule has 7 heteroatoms. The summed E-state index contributed by atoms with van der Waals surface area (Å²) in [5, 5.41) is 2.79. The van der Waals surface area contributed by atoms with Crippen LogP contribution >= 0.6 is 24.2 Å². The highest BCUT2D eigenvalue weighted by Crippen LogP contribution is 2.06. The zero-order valence-electron chi connectivity index (χ0n) is 11.3. The summed E-state index contributed by atoms with van der Waals surface area (Å²) in [6.07, 6.45) is 0.335. The summed E-state index contributed by atoms with van der Waals surface area (Å²) in [6, 6.07) is 7.21. The van der Waals surface area contributed by atoms with Gasteiger partial charge in [0.05, 0.1) is 19.3 Å². The lowest BCUT2D eigenvalue weighted by Crippen LogP contribution is -2.27. The Morgan fingerprint density at radius 1 is 1.30 bits per heavy atom. The standard InChI is InChI=1S/C13H18N2O3S.ClH/c1-18-13(17)9-19-7-6-15-12(16)8-10-2-4-11(14)5-3-10;/h2-5H,6-9,14H2,1H3,(H,15,16);1H. The lowest BCUT2D eigenvalue weighted by atomic mass is 10.1. The maximum Gasteiger partial charge on any atom is 0.315 e. The summed E-state index contributed by atoms with van der Waals surface area (Å²) in [4.78, 5) is 22.4. The van der Waals surface area contributed by atoms with Gasteiger partial charge in [0.1, 0.15) is 0 Å². The number of methoxy groups -OCH3 is 1. The molecule has 1 aromatic rings. The molecule has 112 valence electrons. The molecule has 0 aliphatic heterocycles. The minimum Gasteiger partial charge on any atom is -0.468 e. The highest BCUT2D eigenvalue weighted by atomic mass is 35.5. The van der Waals surface area contributed by atoms with Crippen molar-refractivity contribution in [1.82, 2.24) is 5.32 Å². The third kappa shape index (κ3) is 7.91. The molecule has 0 heterocycles. The maximum absolute atomic E-state index is 11.6. The fraction of sp³-hybridized carbons (Fsp3) is 0.385. The van der Waals surface area contributed by atoms with Crippen LogP contribution in [0.4, 0.5) is 5.69 Å². The highest BCUT2D eigenvalue weighted by molar-refractivity contribution is 7.99. The van der Waals surface area contributed by atoms with Gasteiger partial charge in [0.15, 0.2) is 0 Å². The Labute approximate surface area is 129 Å². The van der Waals surface area contributed by atoms with Crippen molar-refractivity contribution in [2.45, 2.75) is 6.42 Å². The fourth-order valence-electron chi connectivity index (χ4n) is 1.36. The largest absolute Gasteiger partial charge is 0.468 e. The van der Waals surface area contributed by atoms with Gasteiger partial charge in [0.2, 0.25) is 5.91 Å². The number of amides is 1. The van der Waals surface area contributed by atoms with Crippen molar-refractivity contribution in [3.8, 4) is 0 Å². The number of hydrogen-bond acceptors (Lipinski definition) is 5. The van der Waals surface area contributed by atoms with Crippen LogP contribution in [0.25, 0.3) is 0 Å². The molecule has 0 aliphatic rings. The van der Waals surface area contributed by atoms with Crippen LogP contribution in [0.2, 0.25) is 0 Å². The van der Waals surface area contributed by atoms with Gasteiger partial charge in [-0.1, -0.05) is 12.1 Å². The molecule has 0 atom stereocenters. The van der Waals surface area contributed by atoms with E-state index in [9.17, 15) is 9.59 Å². The molecule has 0 radical (unpaired) electrons. The molecule has 0 bridgehead atoms. The van der Waals surface area contributed by atoms with Gasteiger partial charge in [-0.3, -0.25) is 9.59 Å². The Bertz CT molecular complexity index is 426. The van der Waals surface area contributed by atoms with Gasteiger partial charge in [0.25, 0.3) is 0 Å². The number of nitrogens with one attached hydrogen (secondary N) is 1. The number of esters is 1. The molecule has 20 heavy (non-hydrogen) atoms. The lowest BCUT2D eigenvalue weighted by Gasteiger charge is -2.05. The third-order valence-corrected chi connectivity index (χ3v) is 3.29. The van der Waals surface area contributed by atoms with E-state index in [4.69, 9.17) is 5.73 Å². The van der Waals surface area contributed by atoms with Gasteiger partial charge < -0.3 is 15.8 Å². The molecular formula is C13H19ClN2O3S. The van der Waals surface area contributed by atoms with Crippen LogP contribution in [-0.4, -0.2) is 37.0 Å². The normalized spacial score (nSPS) is 9.45. The van der Waals surface area contributed by atoms with Gasteiger partial charge >= 0.3 is 5.97 Å². The molecule has 0 aliphatic carbocycles. The van der Waals surface area contributed by atoms with E-state index in [2.05, 4.69) is 10.1 Å². The molecule has 1 aromatic carbocycles. The molecule has 3 N–H and O–H groups in total. The Morgan fingerprint density at radius 2 is 1.95 bits per heavy atom. The van der Waals surface area contributed by atoms with E-state index in [1.807, 2.05) is 12.1 Å². The second-order valence-electron chi connectivity index (χ2n) is 3.90. The second-order valence-corrected chi connectivity index (χ2v) is 5.00. The van der Waals surface area contributed by atoms with Crippen molar-refractivity contribution in [3.63, 3.8) is 0 Å². The highest BCUT2D eigenvalue weighted by Gasteiger charge is 2.03. The summed E-state index contributed by atoms with van der Waals surface area (Å²) >= 11 is 1.43. The first kappa shape index (κ1) is 18.6. The predicted octanol–water partition coefficient (Wildman–Crippen LogP) is 1.26. The van der Waals surface area contributed by atoms with Crippen LogP contribution in [0.5, 0.6) is 0 Å². The number of benzene rings is 1. The molecular weight excluding hydrogens is 300 g/mol. The maximum atomic E-state index is 11.6. The monoisotopic (exact) mass is 318 g/mol. The molecule has 1 amide bonds. The van der Waals surface area contributed by atoms with E-state index in [-0.39, 0.29) is 24.3 Å². The molecule has 0 fully saturated rings. The van der Waals surface area contributed by atoms with E-state index < -0.39 is 0 Å². The van der Waals surface area contributed by atoms with Crippen LogP contribution in [0.3, 0.4) is 0 Å². The van der Waals surface area contributed by atoms with E-state index >= 15 is 0 Å². The number of rotatable bonds is 7. The van der Waals surface area contributed by atoms with Crippen molar-refractivity contribution in [3.05, 3.63) is 29.8 Å². The van der Waals surface area contributed by atoms with Crippen LogP contribution in [-0.2, 0) is 20.7 Å². The van der Waals surface area contributed by atoms with Gasteiger partial charge in [0, 0.05) is 18.0 Å². The van der Waals surface area contributed by atoms with Crippen LogP contribution in [0.15, 0.2) is 24.3 Å². The summed E-state index contributed by atoms with van der Waals surface area (Å²) in [6.45, 7) is 0.537. The number of ether oxygens (including phenoxy) is 1. The average Bonchev–Trinajstić information content (AvgIpc) is 2.40. The molecule has 0 unspecified atom stereocenters. The molecule has 0 saturated heterocycles. The minimum absolute atomic E-state index is 0. The number of nitrogens with two attached hydrogens (primary N) is 1. The molecule has 5 nitrogen and oxygen atoms in total. The minimum atomic E-state index is -0.252. The molecule has 0 spiro atoms. The van der Waals surface area contributed by atoms with E-state index in [1.165, 1.54) is 18.9 Å². The average molecular weight is 319 g/mol. The SMILES string of the molecule is COC(=O)CSCCNC(=O)Cc1ccc(N)cc1.Cl. The number of anilines is 1. The molecule has 1 rings (SSSR count). The third-order valence-electron chi connectivity index (χ3n) is 2.36. The Morgan fingerprint density at radius 3 is 2.55 bits per heavy atom. The number of hydrogen-bond donors (Lipinski definition) is 2. The van der Waals surface area contributed by atoms with E-state index in [0.717, 1.165) is 5.56 Å². The number of carbonyl (C=O) groups excluding carboxylic acids is 2. The van der Waals surface area contributed by atoms with Gasteiger partial charge in [-0.15, -0.1) is 24.2 Å². The lowest BCUT2D eigenvalue weighted by molar-refractivity contribution is -0.137. The number of carbonyl (C=O) groups is 2. The van der Waals surface area contributed by atoms with Crippen molar-refractivity contribution < 1.29 is 14.3 Å². The van der Waals surface area contributed by atoms with Crippen molar-refractivity contribution >= 4 is 41.7 Å². The van der Waals surface area contributed by atoms with E-state index in [0.29, 0.717) is 30.2 Å². The quantitative estimate of drug-likeness (QED) is 0.449. The van der Waals surface area contributed by atoms with Crippen LogP contribution < -0.4 is 11.1 Å². The fourth-order valence-corrected chi connectivity index (χ4v) is 2.04. The van der Waals surface area contributed by atoms with Crippen molar-refractivity contribution in [2.24, 2.45) is 0 Å². The Hall–Kier alpha value is -1.40. The predicted molar refractivity (Wildman–Crippen MR) is 84.2 cm³/mol. The second kappa shape index (κ2) is 10.4. The first-order valence-corrected chi connectivity index (χ1v) is 7.03. The first-order chi connectivity index (χ1) is 9.11. The molecule has 0 aromatic heterocycles. The van der Waals surface area contributed by atoms with Gasteiger partial charge in [-0.05, 0) is 17.7 Å². The first-order valence-electron chi connectivity index (χ1n) is 5.87. The van der Waals surface area contributed by atoms with Crippen LogP contribution in [0.1, 0.15) is 5.56 Å². The number of nitrogen functional groups attached to an aromatic ring is 1. The van der Waals surface area contributed by atoms with E-state index in [1.54, 1.807) is 12.1 Å². The van der Waals surface area contributed by atoms with Crippen molar-refractivity contribution in [2.75, 3.05) is 30.9 Å². The smallest absolute Gasteiger partial charge is 0.315 e.